The summed E-state index contributed by atoms with van der Waals surface area (Å²) in [6.45, 7) is 0.291. The number of anilines is 1. The first-order valence-electron chi connectivity index (χ1n) is 6.02. The zero-order valence-electron chi connectivity index (χ0n) is 10.3. The van der Waals surface area contributed by atoms with Gasteiger partial charge in [0.15, 0.2) is 0 Å². The Labute approximate surface area is 126 Å². The SMILES string of the molecule is NCC(C(=O)Nc1cccc(I)c1)c1ccccc1. The first-order chi connectivity index (χ1) is 9.20. The molecule has 2 aromatic carbocycles. The Balaban J connectivity index is 2.14. The van der Waals surface area contributed by atoms with Crippen LogP contribution < -0.4 is 11.1 Å². The maximum Gasteiger partial charge on any atom is 0.233 e. The standard InChI is InChI=1S/C15H15IN2O/c16-12-7-4-8-13(9-12)18-15(19)14(10-17)11-5-2-1-3-6-11/h1-9,14H,10,17H2,(H,18,19). The van der Waals surface area contributed by atoms with Gasteiger partial charge in [-0.15, -0.1) is 0 Å². The van der Waals surface area contributed by atoms with E-state index >= 15 is 0 Å². The quantitative estimate of drug-likeness (QED) is 0.818. The molecule has 1 unspecified atom stereocenters. The summed E-state index contributed by atoms with van der Waals surface area (Å²) >= 11 is 2.21. The monoisotopic (exact) mass is 366 g/mol. The van der Waals surface area contributed by atoms with E-state index in [1.165, 1.54) is 0 Å². The number of halogens is 1. The Morgan fingerprint density at radius 2 is 1.89 bits per heavy atom. The molecule has 4 heteroatoms. The van der Waals surface area contributed by atoms with E-state index in [9.17, 15) is 4.79 Å². The summed E-state index contributed by atoms with van der Waals surface area (Å²) < 4.78 is 1.08. The van der Waals surface area contributed by atoms with Crippen LogP contribution in [-0.2, 0) is 4.79 Å². The molecule has 19 heavy (non-hydrogen) atoms. The third-order valence-electron chi connectivity index (χ3n) is 2.85. The van der Waals surface area contributed by atoms with E-state index in [-0.39, 0.29) is 11.8 Å². The second kappa shape index (κ2) is 6.68. The maximum absolute atomic E-state index is 12.3. The molecule has 0 aromatic heterocycles. The molecule has 0 aliphatic carbocycles. The van der Waals surface area contributed by atoms with Crippen LogP contribution in [0.2, 0.25) is 0 Å². The lowest BCUT2D eigenvalue weighted by Gasteiger charge is -2.15. The van der Waals surface area contributed by atoms with Crippen molar-refractivity contribution in [2.45, 2.75) is 5.92 Å². The van der Waals surface area contributed by atoms with Gasteiger partial charge in [0.05, 0.1) is 5.92 Å². The van der Waals surface area contributed by atoms with Crippen molar-refractivity contribution in [1.29, 1.82) is 0 Å². The summed E-state index contributed by atoms with van der Waals surface area (Å²) in [5, 5.41) is 2.91. The molecule has 3 N–H and O–H groups in total. The van der Waals surface area contributed by atoms with Gasteiger partial charge in [-0.1, -0.05) is 36.4 Å². The van der Waals surface area contributed by atoms with E-state index in [0.717, 1.165) is 14.8 Å². The fourth-order valence-electron chi connectivity index (χ4n) is 1.88. The summed E-state index contributed by atoms with van der Waals surface area (Å²) in [7, 11) is 0. The van der Waals surface area contributed by atoms with E-state index < -0.39 is 0 Å². The number of hydrogen-bond donors (Lipinski definition) is 2. The zero-order chi connectivity index (χ0) is 13.7. The van der Waals surface area contributed by atoms with Crippen LogP contribution >= 0.6 is 22.6 Å². The van der Waals surface area contributed by atoms with Gasteiger partial charge in [0.2, 0.25) is 5.91 Å². The molecule has 0 saturated heterocycles. The van der Waals surface area contributed by atoms with E-state index in [2.05, 4.69) is 27.9 Å². The van der Waals surface area contributed by atoms with Crippen LogP contribution in [0, 0.1) is 3.57 Å². The summed E-state index contributed by atoms with van der Waals surface area (Å²) in [6, 6.07) is 17.3. The number of nitrogens with two attached hydrogens (primary N) is 1. The van der Waals surface area contributed by atoms with Gasteiger partial charge in [0.25, 0.3) is 0 Å². The average molecular weight is 366 g/mol. The first-order valence-corrected chi connectivity index (χ1v) is 7.10. The highest BCUT2D eigenvalue weighted by Gasteiger charge is 2.18. The number of hydrogen-bond acceptors (Lipinski definition) is 2. The fourth-order valence-corrected chi connectivity index (χ4v) is 2.42. The average Bonchev–Trinajstić information content (AvgIpc) is 2.41. The highest BCUT2D eigenvalue weighted by atomic mass is 127. The first kappa shape index (κ1) is 14.0. The van der Waals surface area contributed by atoms with Crippen molar-refractivity contribution in [3.05, 3.63) is 63.7 Å². The molecule has 1 atom stereocenters. The van der Waals surface area contributed by atoms with Crippen LogP contribution in [0.4, 0.5) is 5.69 Å². The molecule has 1 amide bonds. The van der Waals surface area contributed by atoms with Gasteiger partial charge >= 0.3 is 0 Å². The molecule has 0 bridgehead atoms. The van der Waals surface area contributed by atoms with Crippen molar-refractivity contribution in [1.82, 2.24) is 0 Å². The van der Waals surface area contributed by atoms with Gasteiger partial charge in [-0.05, 0) is 46.4 Å². The lowest BCUT2D eigenvalue weighted by molar-refractivity contribution is -0.117. The molecule has 0 heterocycles. The molecular formula is C15H15IN2O. The molecule has 98 valence electrons. The zero-order valence-corrected chi connectivity index (χ0v) is 12.5. The predicted octanol–water partition coefficient (Wildman–Crippen LogP) is 2.97. The predicted molar refractivity (Wildman–Crippen MR) is 86.0 cm³/mol. The maximum atomic E-state index is 12.3. The highest BCUT2D eigenvalue weighted by molar-refractivity contribution is 14.1. The lowest BCUT2D eigenvalue weighted by Crippen LogP contribution is -2.27. The van der Waals surface area contributed by atoms with Crippen molar-refractivity contribution in [2.75, 3.05) is 11.9 Å². The summed E-state index contributed by atoms with van der Waals surface area (Å²) in [5.74, 6) is -0.394. The van der Waals surface area contributed by atoms with Crippen molar-refractivity contribution < 1.29 is 4.79 Å². The molecular weight excluding hydrogens is 351 g/mol. The Bertz CT molecular complexity index is 557. The van der Waals surface area contributed by atoms with Crippen LogP contribution in [0.25, 0.3) is 0 Å². The summed E-state index contributed by atoms with van der Waals surface area (Å²) in [4.78, 5) is 12.3. The Kier molecular flexibility index (Phi) is 4.93. The normalized spacial score (nSPS) is 11.9. The minimum Gasteiger partial charge on any atom is -0.329 e. The molecule has 2 rings (SSSR count). The number of amides is 1. The third kappa shape index (κ3) is 3.78. The van der Waals surface area contributed by atoms with E-state index in [1.807, 2.05) is 54.6 Å². The van der Waals surface area contributed by atoms with Crippen molar-refractivity contribution in [3.8, 4) is 0 Å². The number of rotatable bonds is 4. The topological polar surface area (TPSA) is 55.1 Å². The smallest absolute Gasteiger partial charge is 0.233 e. The van der Waals surface area contributed by atoms with Crippen LogP contribution in [0.3, 0.4) is 0 Å². The van der Waals surface area contributed by atoms with Gasteiger partial charge in [0.1, 0.15) is 0 Å². The number of carbonyl (C=O) groups is 1. The van der Waals surface area contributed by atoms with Crippen LogP contribution in [-0.4, -0.2) is 12.5 Å². The Morgan fingerprint density at radius 1 is 1.16 bits per heavy atom. The van der Waals surface area contributed by atoms with Crippen LogP contribution in [0.5, 0.6) is 0 Å². The Hall–Kier alpha value is -1.40. The lowest BCUT2D eigenvalue weighted by atomic mass is 9.98. The van der Waals surface area contributed by atoms with Gasteiger partial charge in [-0.2, -0.15) is 0 Å². The second-order valence-electron chi connectivity index (χ2n) is 4.20. The number of carbonyl (C=O) groups excluding carboxylic acids is 1. The fraction of sp³-hybridized carbons (Fsp3) is 0.133. The molecule has 3 nitrogen and oxygen atoms in total. The number of benzene rings is 2. The summed E-state index contributed by atoms with van der Waals surface area (Å²) in [5.41, 5.74) is 7.46. The van der Waals surface area contributed by atoms with Gasteiger partial charge in [-0.25, -0.2) is 0 Å². The molecule has 0 saturated carbocycles. The van der Waals surface area contributed by atoms with Gasteiger partial charge in [0, 0.05) is 15.8 Å². The van der Waals surface area contributed by atoms with Gasteiger partial charge < -0.3 is 11.1 Å². The Morgan fingerprint density at radius 3 is 2.53 bits per heavy atom. The molecule has 0 spiro atoms. The minimum atomic E-state index is -0.320. The van der Waals surface area contributed by atoms with Crippen molar-refractivity contribution in [3.63, 3.8) is 0 Å². The molecule has 0 aliphatic heterocycles. The van der Waals surface area contributed by atoms with E-state index in [0.29, 0.717) is 6.54 Å². The third-order valence-corrected chi connectivity index (χ3v) is 3.52. The molecule has 0 aliphatic rings. The van der Waals surface area contributed by atoms with E-state index in [4.69, 9.17) is 5.73 Å². The highest BCUT2D eigenvalue weighted by Crippen LogP contribution is 2.18. The molecule has 0 fully saturated rings. The number of nitrogens with one attached hydrogen (secondary N) is 1. The molecule has 2 aromatic rings. The molecule has 0 radical (unpaired) electrons. The van der Waals surface area contributed by atoms with Crippen molar-refractivity contribution in [2.24, 2.45) is 5.73 Å². The van der Waals surface area contributed by atoms with Crippen LogP contribution in [0.1, 0.15) is 11.5 Å². The van der Waals surface area contributed by atoms with Gasteiger partial charge in [-0.3, -0.25) is 4.79 Å². The van der Waals surface area contributed by atoms with Crippen LogP contribution in [0.15, 0.2) is 54.6 Å². The minimum absolute atomic E-state index is 0.0734. The second-order valence-corrected chi connectivity index (χ2v) is 5.44. The van der Waals surface area contributed by atoms with Crippen molar-refractivity contribution >= 4 is 34.2 Å². The largest absolute Gasteiger partial charge is 0.329 e. The summed E-state index contributed by atoms with van der Waals surface area (Å²) in [6.07, 6.45) is 0. The van der Waals surface area contributed by atoms with E-state index in [1.54, 1.807) is 0 Å².